The molecular formula is C14H19Cl2FNO+. The Labute approximate surface area is 124 Å². The van der Waals surface area contributed by atoms with Crippen molar-refractivity contribution in [3.63, 3.8) is 0 Å². The molecule has 1 aliphatic heterocycles. The molecule has 0 N–H and O–H groups in total. The van der Waals surface area contributed by atoms with E-state index in [1.54, 1.807) is 12.1 Å². The van der Waals surface area contributed by atoms with Crippen LogP contribution in [0.3, 0.4) is 0 Å². The topological polar surface area (TPSA) is 17.1 Å². The fraction of sp³-hybridized carbons (Fsp3) is 0.500. The number of carbonyl (C=O) groups excluding carboxylic acids is 1. The average Bonchev–Trinajstić information content (AvgIpc) is 2.40. The first-order valence-electron chi connectivity index (χ1n) is 6.40. The van der Waals surface area contributed by atoms with E-state index in [-0.39, 0.29) is 24.1 Å². The molecule has 0 unspecified atom stereocenters. The van der Waals surface area contributed by atoms with E-state index in [0.29, 0.717) is 22.5 Å². The first-order chi connectivity index (χ1) is 8.68. The Balaban J connectivity index is 0.00000180. The van der Waals surface area contributed by atoms with Crippen LogP contribution in [0.4, 0.5) is 4.39 Å². The molecule has 1 amide bonds. The molecule has 1 fully saturated rings. The largest absolute Gasteiger partial charge is 0.345 e. The molecule has 2 nitrogen and oxygen atoms in total. The van der Waals surface area contributed by atoms with E-state index in [0.717, 1.165) is 25.9 Å². The predicted octanol–water partition coefficient (Wildman–Crippen LogP) is 3.63. The minimum Gasteiger partial charge on any atom is -0.255 e. The Bertz CT molecular complexity index is 410. The second-order valence-electron chi connectivity index (χ2n) is 4.88. The summed E-state index contributed by atoms with van der Waals surface area (Å²) < 4.78 is 13.3. The highest BCUT2D eigenvalue weighted by molar-refractivity contribution is 6.18. The number of hydrogen-bond acceptors (Lipinski definition) is 1. The summed E-state index contributed by atoms with van der Waals surface area (Å²) in [5, 5.41) is 0. The molecule has 1 saturated heterocycles. The van der Waals surface area contributed by atoms with Gasteiger partial charge in [-0.2, -0.15) is 0 Å². The zero-order valence-corrected chi connectivity index (χ0v) is 12.4. The van der Waals surface area contributed by atoms with Crippen molar-refractivity contribution >= 4 is 29.9 Å². The molecule has 106 valence electrons. The van der Waals surface area contributed by atoms with Crippen molar-refractivity contribution in [3.8, 4) is 0 Å². The summed E-state index contributed by atoms with van der Waals surface area (Å²) >= 11 is 5.85. The number of amides is 1. The Hall–Kier alpha value is -0.640. The summed E-state index contributed by atoms with van der Waals surface area (Å²) in [6, 6.07) is 5.82. The number of likely N-dealkylation sites (tertiary alicyclic amines) is 1. The van der Waals surface area contributed by atoms with Gasteiger partial charge in [0.25, 0.3) is 0 Å². The van der Waals surface area contributed by atoms with E-state index in [1.807, 2.05) is 0 Å². The molecule has 0 radical (unpaired) electrons. The lowest BCUT2D eigenvalue weighted by Gasteiger charge is -2.38. The monoisotopic (exact) mass is 306 g/mol. The van der Waals surface area contributed by atoms with Crippen molar-refractivity contribution in [1.82, 2.24) is 0 Å². The van der Waals surface area contributed by atoms with Gasteiger partial charge in [0, 0.05) is 0 Å². The van der Waals surface area contributed by atoms with Crippen LogP contribution in [0.1, 0.15) is 29.6 Å². The molecule has 5 heteroatoms. The summed E-state index contributed by atoms with van der Waals surface area (Å²) in [7, 11) is 0. The van der Waals surface area contributed by atoms with Crippen molar-refractivity contribution in [1.29, 1.82) is 0 Å². The van der Waals surface area contributed by atoms with Crippen LogP contribution in [0, 0.1) is 5.82 Å². The molecule has 0 atom stereocenters. The van der Waals surface area contributed by atoms with Gasteiger partial charge in [-0.05, 0) is 43.5 Å². The number of benzene rings is 1. The normalized spacial score (nSPS) is 17.6. The number of rotatable bonds is 3. The molecule has 0 aliphatic carbocycles. The first-order valence-corrected chi connectivity index (χ1v) is 6.94. The third kappa shape index (κ3) is 3.68. The van der Waals surface area contributed by atoms with Crippen molar-refractivity contribution in [2.45, 2.75) is 19.3 Å². The number of alkyl halides is 1. The lowest BCUT2D eigenvalue weighted by Crippen LogP contribution is -2.56. The molecule has 0 spiro atoms. The molecule has 1 heterocycles. The highest BCUT2D eigenvalue weighted by Gasteiger charge is 2.38. The van der Waals surface area contributed by atoms with Gasteiger partial charge in [0.1, 0.15) is 5.82 Å². The van der Waals surface area contributed by atoms with E-state index in [4.69, 9.17) is 11.6 Å². The van der Waals surface area contributed by atoms with Gasteiger partial charge < -0.3 is 0 Å². The van der Waals surface area contributed by atoms with Crippen LogP contribution in [0.15, 0.2) is 24.3 Å². The Kier molecular flexibility index (Phi) is 6.24. The van der Waals surface area contributed by atoms with Crippen molar-refractivity contribution in [3.05, 3.63) is 35.6 Å². The van der Waals surface area contributed by atoms with Crippen molar-refractivity contribution in [2.24, 2.45) is 0 Å². The summed E-state index contributed by atoms with van der Waals surface area (Å²) in [5.41, 5.74) is 0.586. The fourth-order valence-corrected chi connectivity index (χ4v) is 3.00. The molecule has 1 aliphatic rings. The smallest absolute Gasteiger partial charge is 0.255 e. The maximum atomic E-state index is 12.9. The van der Waals surface area contributed by atoms with Crippen LogP contribution >= 0.6 is 24.0 Å². The van der Waals surface area contributed by atoms with Crippen LogP contribution in [0.2, 0.25) is 0 Å². The van der Waals surface area contributed by atoms with Crippen LogP contribution in [-0.2, 0) is 0 Å². The van der Waals surface area contributed by atoms with Gasteiger partial charge in [-0.3, -0.25) is 4.48 Å². The van der Waals surface area contributed by atoms with Crippen LogP contribution in [0.25, 0.3) is 0 Å². The average molecular weight is 307 g/mol. The zero-order valence-electron chi connectivity index (χ0n) is 10.8. The number of hydrogen-bond donors (Lipinski definition) is 0. The van der Waals surface area contributed by atoms with Crippen molar-refractivity contribution < 1.29 is 13.7 Å². The SMILES string of the molecule is Cl.O=C(c1ccc(F)cc1)[N+]1(CCCl)CCCCC1. The maximum absolute atomic E-state index is 12.9. The molecule has 1 aromatic carbocycles. The van der Waals surface area contributed by atoms with Gasteiger partial charge in [0.2, 0.25) is 0 Å². The highest BCUT2D eigenvalue weighted by atomic mass is 35.5. The second-order valence-corrected chi connectivity index (χ2v) is 5.26. The van der Waals surface area contributed by atoms with Crippen LogP contribution in [0.5, 0.6) is 0 Å². The Morgan fingerprint density at radius 1 is 1.16 bits per heavy atom. The third-order valence-electron chi connectivity index (χ3n) is 3.71. The molecule has 0 bridgehead atoms. The summed E-state index contributed by atoms with van der Waals surface area (Å²) in [5.74, 6) is 0.247. The fourth-order valence-electron chi connectivity index (χ4n) is 2.67. The maximum Gasteiger partial charge on any atom is 0.345 e. The number of halogens is 3. The van der Waals surface area contributed by atoms with Gasteiger partial charge in [-0.25, -0.2) is 9.18 Å². The predicted molar refractivity (Wildman–Crippen MR) is 77.4 cm³/mol. The van der Waals surface area contributed by atoms with E-state index < -0.39 is 0 Å². The molecule has 2 rings (SSSR count). The number of carbonyl (C=O) groups is 1. The number of quaternary nitrogens is 1. The minimum atomic E-state index is -0.311. The summed E-state index contributed by atoms with van der Waals surface area (Å²) in [4.78, 5) is 12.6. The van der Waals surface area contributed by atoms with Gasteiger partial charge >= 0.3 is 5.91 Å². The first kappa shape index (κ1) is 16.4. The lowest BCUT2D eigenvalue weighted by atomic mass is 10.0. The van der Waals surface area contributed by atoms with Gasteiger partial charge in [0.15, 0.2) is 0 Å². The standard InChI is InChI=1S/C14H18ClFNO.ClH/c15-8-11-17(9-2-1-3-10-17)14(18)12-4-6-13(16)7-5-12;/h4-7H,1-3,8-11H2;1H/q+1;. The minimum absolute atomic E-state index is 0. The van der Waals surface area contributed by atoms with Crippen molar-refractivity contribution in [2.75, 3.05) is 25.5 Å². The molecular weight excluding hydrogens is 288 g/mol. The van der Waals surface area contributed by atoms with Crippen LogP contribution < -0.4 is 0 Å². The van der Waals surface area contributed by atoms with Gasteiger partial charge in [0.05, 0.1) is 31.1 Å². The summed E-state index contributed by atoms with van der Waals surface area (Å²) in [6.45, 7) is 2.36. The number of nitrogens with zero attached hydrogens (tertiary/aromatic N) is 1. The van der Waals surface area contributed by atoms with Gasteiger partial charge in [-0.15, -0.1) is 24.0 Å². The lowest BCUT2D eigenvalue weighted by molar-refractivity contribution is -0.851. The zero-order chi connectivity index (χ0) is 13.0. The highest BCUT2D eigenvalue weighted by Crippen LogP contribution is 2.23. The second kappa shape index (κ2) is 7.22. The molecule has 0 aromatic heterocycles. The van der Waals surface area contributed by atoms with Crippen LogP contribution in [-0.4, -0.2) is 35.9 Å². The van der Waals surface area contributed by atoms with E-state index >= 15 is 0 Å². The quantitative estimate of drug-likeness (QED) is 0.615. The molecule has 1 aromatic rings. The molecule has 0 saturated carbocycles. The van der Waals surface area contributed by atoms with E-state index in [2.05, 4.69) is 0 Å². The number of piperidine rings is 1. The van der Waals surface area contributed by atoms with Gasteiger partial charge in [-0.1, -0.05) is 0 Å². The van der Waals surface area contributed by atoms with E-state index in [1.165, 1.54) is 18.6 Å². The summed E-state index contributed by atoms with van der Waals surface area (Å²) in [6.07, 6.45) is 3.30. The Morgan fingerprint density at radius 2 is 1.74 bits per heavy atom. The van der Waals surface area contributed by atoms with E-state index in [9.17, 15) is 9.18 Å². The Morgan fingerprint density at radius 3 is 2.26 bits per heavy atom. The molecule has 19 heavy (non-hydrogen) atoms. The third-order valence-corrected chi connectivity index (χ3v) is 3.88.